The van der Waals surface area contributed by atoms with Crippen LogP contribution in [0.25, 0.3) is 10.8 Å². The van der Waals surface area contributed by atoms with Gasteiger partial charge in [0, 0.05) is 0 Å². The number of hydrogen-bond donors (Lipinski definition) is 2. The van der Waals surface area contributed by atoms with Gasteiger partial charge in [-0.1, -0.05) is 72.8 Å². The van der Waals surface area contributed by atoms with Crippen LogP contribution in [0.3, 0.4) is 0 Å². The summed E-state index contributed by atoms with van der Waals surface area (Å²) in [7, 11) is -4.07. The van der Waals surface area contributed by atoms with Crippen LogP contribution in [0.5, 0.6) is 0 Å². The molecule has 3 rings (SSSR count). The largest absolute Gasteiger partial charge is 0.479 e. The van der Waals surface area contributed by atoms with Crippen molar-refractivity contribution in [3.8, 4) is 0 Å². The number of aryl methyl sites for hydroxylation is 1. The molecule has 6 heteroatoms. The molecule has 0 radical (unpaired) electrons. The maximum atomic E-state index is 12.4. The zero-order valence-electron chi connectivity index (χ0n) is 14.7. The van der Waals surface area contributed by atoms with Crippen LogP contribution in [0.4, 0.5) is 0 Å². The van der Waals surface area contributed by atoms with E-state index in [1.54, 1.807) is 30.3 Å². The van der Waals surface area contributed by atoms with E-state index in [0.29, 0.717) is 12.0 Å². The lowest BCUT2D eigenvalue weighted by atomic mass is 10.0. The second-order valence-corrected chi connectivity index (χ2v) is 8.24. The number of aliphatic carboxylic acids is 1. The third-order valence-corrected chi connectivity index (χ3v) is 5.65. The lowest BCUT2D eigenvalue weighted by Gasteiger charge is -2.18. The molecule has 3 aromatic rings. The maximum Gasteiger partial charge on any atom is 0.333 e. The average Bonchev–Trinajstić information content (AvgIpc) is 2.65. The van der Waals surface area contributed by atoms with Gasteiger partial charge in [0.1, 0.15) is 0 Å². The van der Waals surface area contributed by atoms with E-state index in [1.807, 2.05) is 42.5 Å². The second-order valence-electron chi connectivity index (χ2n) is 6.43. The molecule has 140 valence electrons. The van der Waals surface area contributed by atoms with E-state index in [1.165, 1.54) is 0 Å². The third kappa shape index (κ3) is 5.51. The smallest absolute Gasteiger partial charge is 0.333 e. The SMILES string of the molecule is O=C(O)C(CCc1ccc2ccccc2c1)OP(=O)(O)Cc1ccccc1. The fourth-order valence-corrected chi connectivity index (χ4v) is 4.30. The van der Waals surface area contributed by atoms with Crippen molar-refractivity contribution in [3.05, 3.63) is 83.9 Å². The predicted octanol–water partition coefficient (Wildman–Crippen LogP) is 4.63. The maximum absolute atomic E-state index is 12.4. The minimum absolute atomic E-state index is 0.118. The first kappa shape index (κ1) is 19.3. The number of carboxylic acids is 1. The van der Waals surface area contributed by atoms with Gasteiger partial charge in [-0.3, -0.25) is 9.09 Å². The van der Waals surface area contributed by atoms with Crippen molar-refractivity contribution in [2.24, 2.45) is 0 Å². The van der Waals surface area contributed by atoms with E-state index < -0.39 is 19.7 Å². The van der Waals surface area contributed by atoms with Crippen LogP contribution in [-0.2, 0) is 26.5 Å². The molecule has 2 N–H and O–H groups in total. The lowest BCUT2D eigenvalue weighted by Crippen LogP contribution is -2.23. The Morgan fingerprint density at radius 2 is 1.59 bits per heavy atom. The Balaban J connectivity index is 1.66. The number of carboxylic acid groups (broad SMARTS) is 1. The van der Waals surface area contributed by atoms with Gasteiger partial charge in [0.15, 0.2) is 6.10 Å². The van der Waals surface area contributed by atoms with Gasteiger partial charge < -0.3 is 10.00 Å². The van der Waals surface area contributed by atoms with Crippen molar-refractivity contribution >= 4 is 24.3 Å². The molecule has 5 nitrogen and oxygen atoms in total. The van der Waals surface area contributed by atoms with Crippen LogP contribution >= 0.6 is 7.60 Å². The summed E-state index contributed by atoms with van der Waals surface area (Å²) in [4.78, 5) is 21.6. The first-order valence-electron chi connectivity index (χ1n) is 8.67. The highest BCUT2D eigenvalue weighted by Crippen LogP contribution is 2.47. The minimum atomic E-state index is -4.07. The van der Waals surface area contributed by atoms with Crippen LogP contribution in [0.15, 0.2) is 72.8 Å². The van der Waals surface area contributed by atoms with E-state index >= 15 is 0 Å². The standard InChI is InChI=1S/C21H21O5P/c22-21(23)20(26-27(24,25)15-17-6-2-1-3-7-17)13-11-16-10-12-18-8-4-5-9-19(18)14-16/h1-10,12,14,20H,11,13,15H2,(H,22,23)(H,24,25). The Hall–Kier alpha value is -2.46. The Bertz CT molecular complexity index is 970. The molecule has 27 heavy (non-hydrogen) atoms. The number of rotatable bonds is 8. The van der Waals surface area contributed by atoms with E-state index in [0.717, 1.165) is 16.3 Å². The molecule has 0 aliphatic heterocycles. The van der Waals surface area contributed by atoms with Gasteiger partial charge in [-0.2, -0.15) is 0 Å². The van der Waals surface area contributed by atoms with E-state index in [4.69, 9.17) is 4.52 Å². The summed E-state index contributed by atoms with van der Waals surface area (Å²) in [6.45, 7) is 0. The molecule has 0 saturated carbocycles. The Morgan fingerprint density at radius 3 is 2.30 bits per heavy atom. The van der Waals surface area contributed by atoms with Gasteiger partial charge in [0.2, 0.25) is 0 Å². The number of benzene rings is 3. The van der Waals surface area contributed by atoms with E-state index in [9.17, 15) is 19.4 Å². The summed E-state index contributed by atoms with van der Waals surface area (Å²) >= 11 is 0. The normalized spacial score (nSPS) is 14.6. The Labute approximate surface area is 157 Å². The highest BCUT2D eigenvalue weighted by molar-refractivity contribution is 7.52. The van der Waals surface area contributed by atoms with Gasteiger partial charge in [-0.15, -0.1) is 0 Å². The molecule has 0 spiro atoms. The van der Waals surface area contributed by atoms with Crippen molar-refractivity contribution in [1.82, 2.24) is 0 Å². The number of carbonyl (C=O) groups is 1. The Morgan fingerprint density at radius 1 is 0.926 bits per heavy atom. The predicted molar refractivity (Wildman–Crippen MR) is 105 cm³/mol. The highest BCUT2D eigenvalue weighted by Gasteiger charge is 2.29. The van der Waals surface area contributed by atoms with Crippen LogP contribution in [-0.4, -0.2) is 22.1 Å². The van der Waals surface area contributed by atoms with Crippen LogP contribution in [0.1, 0.15) is 17.5 Å². The molecule has 0 fully saturated rings. The van der Waals surface area contributed by atoms with Crippen LogP contribution in [0.2, 0.25) is 0 Å². The topological polar surface area (TPSA) is 83.8 Å². The van der Waals surface area contributed by atoms with Gasteiger partial charge >= 0.3 is 13.6 Å². The molecule has 0 aliphatic rings. The number of fused-ring (bicyclic) bond motifs is 1. The highest BCUT2D eigenvalue weighted by atomic mass is 31.2. The zero-order chi connectivity index (χ0) is 19.3. The van der Waals surface area contributed by atoms with Gasteiger partial charge in [0.25, 0.3) is 0 Å². The minimum Gasteiger partial charge on any atom is -0.479 e. The van der Waals surface area contributed by atoms with Gasteiger partial charge in [-0.05, 0) is 34.7 Å². The fraction of sp³-hybridized carbons (Fsp3) is 0.190. The third-order valence-electron chi connectivity index (χ3n) is 4.30. The van der Waals surface area contributed by atoms with Crippen molar-refractivity contribution in [2.75, 3.05) is 0 Å². The average molecular weight is 384 g/mol. The summed E-state index contributed by atoms with van der Waals surface area (Å²) < 4.78 is 17.5. The molecular weight excluding hydrogens is 363 g/mol. The van der Waals surface area contributed by atoms with Crippen LogP contribution in [0, 0.1) is 0 Å². The van der Waals surface area contributed by atoms with Crippen molar-refractivity contribution in [1.29, 1.82) is 0 Å². The molecule has 2 unspecified atom stereocenters. The molecule has 0 saturated heterocycles. The van der Waals surface area contributed by atoms with Crippen LogP contribution < -0.4 is 0 Å². The summed E-state index contributed by atoms with van der Waals surface area (Å²) in [6, 6.07) is 22.5. The summed E-state index contributed by atoms with van der Waals surface area (Å²) in [5, 5.41) is 11.6. The molecule has 0 amide bonds. The first-order valence-corrected chi connectivity index (χ1v) is 10.4. The summed E-state index contributed by atoms with van der Waals surface area (Å²) in [5.41, 5.74) is 1.58. The van der Waals surface area contributed by atoms with Crippen molar-refractivity contribution in [2.45, 2.75) is 25.1 Å². The molecular formula is C21H21O5P. The fourth-order valence-electron chi connectivity index (χ4n) is 2.96. The molecule has 0 aliphatic carbocycles. The van der Waals surface area contributed by atoms with Crippen molar-refractivity contribution in [3.63, 3.8) is 0 Å². The summed E-state index contributed by atoms with van der Waals surface area (Å²) in [5.74, 6) is -1.24. The van der Waals surface area contributed by atoms with Gasteiger partial charge in [0.05, 0.1) is 6.16 Å². The molecule has 0 heterocycles. The molecule has 2 atom stereocenters. The number of hydrogen-bond acceptors (Lipinski definition) is 3. The second kappa shape index (κ2) is 8.49. The zero-order valence-corrected chi connectivity index (χ0v) is 15.6. The van der Waals surface area contributed by atoms with Crippen molar-refractivity contribution < 1.29 is 23.9 Å². The monoisotopic (exact) mass is 384 g/mol. The molecule has 0 aromatic heterocycles. The quantitative estimate of drug-likeness (QED) is 0.553. The van der Waals surface area contributed by atoms with E-state index in [-0.39, 0.29) is 12.6 Å². The Kier molecular flexibility index (Phi) is 6.07. The summed E-state index contributed by atoms with van der Waals surface area (Å²) in [6.07, 6.45) is -0.996. The molecule has 3 aromatic carbocycles. The lowest BCUT2D eigenvalue weighted by molar-refractivity contribution is -0.145. The van der Waals surface area contributed by atoms with E-state index in [2.05, 4.69) is 0 Å². The molecule has 0 bridgehead atoms. The van der Waals surface area contributed by atoms with Gasteiger partial charge in [-0.25, -0.2) is 4.79 Å². The first-order chi connectivity index (χ1) is 12.9.